The third kappa shape index (κ3) is 1.64. The van der Waals surface area contributed by atoms with E-state index < -0.39 is 5.54 Å². The Balaban J connectivity index is 2.16. The summed E-state index contributed by atoms with van der Waals surface area (Å²) < 4.78 is 11.2. The smallest absolute Gasteiger partial charge is 0.235 e. The Morgan fingerprint density at radius 2 is 2.06 bits per heavy atom. The zero-order chi connectivity index (χ0) is 12.6. The molecule has 0 amide bonds. The third-order valence-electron chi connectivity index (χ3n) is 3.34. The van der Waals surface area contributed by atoms with Gasteiger partial charge in [-0.05, 0) is 25.0 Å². The lowest BCUT2D eigenvalue weighted by Crippen LogP contribution is -2.07. The highest BCUT2D eigenvalue weighted by Gasteiger charge is 2.49. The lowest BCUT2D eigenvalue weighted by molar-refractivity contribution is 0.295. The van der Waals surface area contributed by atoms with Gasteiger partial charge in [-0.2, -0.15) is 4.99 Å². The summed E-state index contributed by atoms with van der Waals surface area (Å²) in [5.74, 6) is 1.22. The highest BCUT2D eigenvalue weighted by atomic mass is 16.5. The first-order valence-electron chi connectivity index (χ1n) is 5.98. The van der Waals surface area contributed by atoms with Gasteiger partial charge in [0.15, 0.2) is 11.5 Å². The summed E-state index contributed by atoms with van der Waals surface area (Å²) in [6.45, 7) is 1.12. The zero-order valence-corrected chi connectivity index (χ0v) is 9.81. The maximum absolute atomic E-state index is 10.5. The lowest BCUT2D eigenvalue weighted by atomic mass is 10.0. The minimum atomic E-state index is -0.662. The monoisotopic (exact) mass is 247 g/mol. The molecule has 1 fully saturated rings. The van der Waals surface area contributed by atoms with Crippen LogP contribution in [0.5, 0.6) is 17.2 Å². The second-order valence-electron chi connectivity index (χ2n) is 4.57. The molecule has 2 aliphatic rings. The van der Waals surface area contributed by atoms with E-state index in [0.717, 1.165) is 19.3 Å². The van der Waals surface area contributed by atoms with Gasteiger partial charge in [0.1, 0.15) is 11.3 Å². The Kier molecular flexibility index (Phi) is 2.49. The fourth-order valence-corrected chi connectivity index (χ4v) is 2.30. The molecule has 0 atom stereocenters. The predicted octanol–water partition coefficient (Wildman–Crippen LogP) is 1.88. The van der Waals surface area contributed by atoms with Crippen LogP contribution >= 0.6 is 0 Å². The number of hydrogen-bond acceptors (Lipinski definition) is 5. The number of phenols is 1. The number of phenolic OH excluding ortho intramolecular Hbond substituents is 1. The fraction of sp³-hybridized carbons (Fsp3) is 0.462. The Morgan fingerprint density at radius 3 is 2.78 bits per heavy atom. The first-order valence-corrected chi connectivity index (χ1v) is 5.98. The number of fused-ring (bicyclic) bond motifs is 1. The van der Waals surface area contributed by atoms with Gasteiger partial charge < -0.3 is 14.6 Å². The van der Waals surface area contributed by atoms with E-state index >= 15 is 0 Å². The van der Waals surface area contributed by atoms with E-state index in [1.165, 1.54) is 0 Å². The normalized spacial score (nSPS) is 19.6. The summed E-state index contributed by atoms with van der Waals surface area (Å²) in [4.78, 5) is 14.4. The van der Waals surface area contributed by atoms with Crippen molar-refractivity contribution in [2.24, 2.45) is 4.99 Å². The average Bonchev–Trinajstić information content (AvgIpc) is 3.14. The Bertz CT molecular complexity index is 530. The van der Waals surface area contributed by atoms with Crippen molar-refractivity contribution >= 4 is 6.08 Å². The van der Waals surface area contributed by atoms with Gasteiger partial charge in [-0.3, -0.25) is 0 Å². The number of rotatable bonds is 2. The van der Waals surface area contributed by atoms with Gasteiger partial charge in [0, 0.05) is 6.42 Å². The van der Waals surface area contributed by atoms with Gasteiger partial charge in [0.25, 0.3) is 0 Å². The van der Waals surface area contributed by atoms with Gasteiger partial charge in [-0.25, -0.2) is 4.79 Å². The van der Waals surface area contributed by atoms with E-state index in [2.05, 4.69) is 4.99 Å². The van der Waals surface area contributed by atoms with Crippen molar-refractivity contribution in [1.29, 1.82) is 0 Å². The van der Waals surface area contributed by atoms with Crippen LogP contribution in [0.3, 0.4) is 0 Å². The maximum atomic E-state index is 10.5. The molecule has 5 heteroatoms. The molecule has 5 nitrogen and oxygen atoms in total. The fourth-order valence-electron chi connectivity index (χ4n) is 2.30. The molecule has 0 spiro atoms. The number of ether oxygens (including phenoxy) is 2. The molecule has 0 bridgehead atoms. The molecule has 0 unspecified atom stereocenters. The van der Waals surface area contributed by atoms with Crippen LogP contribution in [0.4, 0.5) is 0 Å². The van der Waals surface area contributed by atoms with Crippen molar-refractivity contribution < 1.29 is 19.4 Å². The van der Waals surface area contributed by atoms with Crippen molar-refractivity contribution in [2.75, 3.05) is 13.2 Å². The van der Waals surface area contributed by atoms with Crippen molar-refractivity contribution in [2.45, 2.75) is 24.8 Å². The first kappa shape index (κ1) is 11.1. The molecule has 1 aromatic carbocycles. The second kappa shape index (κ2) is 4.03. The Hall–Kier alpha value is -2.00. The number of isocyanates is 1. The summed E-state index contributed by atoms with van der Waals surface area (Å²) in [5.41, 5.74) is -0.101. The van der Waals surface area contributed by atoms with E-state index in [1.807, 2.05) is 0 Å². The largest absolute Gasteiger partial charge is 0.507 e. The SMILES string of the molecule is O=C=NC1(c2c(O)ccc3c2OCCCO3)CC1. The summed E-state index contributed by atoms with van der Waals surface area (Å²) in [5, 5.41) is 10.0. The molecule has 1 N–H and O–H groups in total. The van der Waals surface area contributed by atoms with Crippen molar-refractivity contribution in [3.63, 3.8) is 0 Å². The van der Waals surface area contributed by atoms with Gasteiger partial charge in [0.2, 0.25) is 6.08 Å². The molecule has 1 heterocycles. The minimum Gasteiger partial charge on any atom is -0.507 e. The van der Waals surface area contributed by atoms with Crippen LogP contribution in [0.25, 0.3) is 0 Å². The lowest BCUT2D eigenvalue weighted by Gasteiger charge is -2.17. The molecule has 0 aromatic heterocycles. The number of benzene rings is 1. The second-order valence-corrected chi connectivity index (χ2v) is 4.57. The molecule has 0 radical (unpaired) electrons. The zero-order valence-electron chi connectivity index (χ0n) is 9.81. The number of aliphatic imine (C=N–C) groups is 1. The van der Waals surface area contributed by atoms with E-state index in [0.29, 0.717) is 30.3 Å². The standard InChI is InChI=1S/C13H13NO4/c15-8-14-13(4-5-13)11-9(16)2-3-10-12(11)18-7-1-6-17-10/h2-3,16H,1,4-7H2. The van der Waals surface area contributed by atoms with Gasteiger partial charge in [-0.15, -0.1) is 0 Å². The van der Waals surface area contributed by atoms with Crippen LogP contribution in [0, 0.1) is 0 Å². The molecule has 3 rings (SSSR count). The first-order chi connectivity index (χ1) is 8.77. The quantitative estimate of drug-likeness (QED) is 0.640. The van der Waals surface area contributed by atoms with Crippen molar-refractivity contribution in [1.82, 2.24) is 0 Å². The van der Waals surface area contributed by atoms with E-state index in [4.69, 9.17) is 9.47 Å². The molecule has 94 valence electrons. The van der Waals surface area contributed by atoms with E-state index in [9.17, 15) is 9.90 Å². The van der Waals surface area contributed by atoms with Crippen LogP contribution in [-0.4, -0.2) is 24.4 Å². The molecular formula is C13H13NO4. The highest BCUT2D eigenvalue weighted by molar-refractivity contribution is 5.60. The molecule has 1 saturated carbocycles. The van der Waals surface area contributed by atoms with Crippen LogP contribution in [-0.2, 0) is 10.3 Å². The Morgan fingerprint density at radius 1 is 1.28 bits per heavy atom. The number of nitrogens with zero attached hydrogens (tertiary/aromatic N) is 1. The molecular weight excluding hydrogens is 234 g/mol. The molecule has 1 aliphatic carbocycles. The van der Waals surface area contributed by atoms with Crippen LogP contribution in [0.1, 0.15) is 24.8 Å². The van der Waals surface area contributed by atoms with Gasteiger partial charge in [0.05, 0.1) is 18.8 Å². The third-order valence-corrected chi connectivity index (χ3v) is 3.34. The van der Waals surface area contributed by atoms with Crippen LogP contribution in [0.2, 0.25) is 0 Å². The van der Waals surface area contributed by atoms with E-state index in [1.54, 1.807) is 18.2 Å². The molecule has 0 saturated heterocycles. The summed E-state index contributed by atoms with van der Waals surface area (Å²) in [7, 11) is 0. The van der Waals surface area contributed by atoms with Gasteiger partial charge >= 0.3 is 0 Å². The maximum Gasteiger partial charge on any atom is 0.235 e. The highest BCUT2D eigenvalue weighted by Crippen LogP contribution is 2.57. The summed E-state index contributed by atoms with van der Waals surface area (Å²) in [6.07, 6.45) is 3.81. The van der Waals surface area contributed by atoms with Crippen molar-refractivity contribution in [3.05, 3.63) is 17.7 Å². The van der Waals surface area contributed by atoms with Crippen LogP contribution < -0.4 is 9.47 Å². The topological polar surface area (TPSA) is 68.1 Å². The van der Waals surface area contributed by atoms with Gasteiger partial charge in [-0.1, -0.05) is 0 Å². The number of carbonyl (C=O) groups excluding carboxylic acids is 1. The Labute approximate surface area is 104 Å². The summed E-state index contributed by atoms with van der Waals surface area (Å²) in [6, 6.07) is 3.24. The molecule has 18 heavy (non-hydrogen) atoms. The average molecular weight is 247 g/mol. The number of hydrogen-bond donors (Lipinski definition) is 1. The number of aromatic hydroxyl groups is 1. The molecule has 1 aliphatic heterocycles. The minimum absolute atomic E-state index is 0.0933. The van der Waals surface area contributed by atoms with Crippen LogP contribution in [0.15, 0.2) is 17.1 Å². The summed E-state index contributed by atoms with van der Waals surface area (Å²) >= 11 is 0. The van der Waals surface area contributed by atoms with E-state index in [-0.39, 0.29) is 5.75 Å². The van der Waals surface area contributed by atoms with Crippen molar-refractivity contribution in [3.8, 4) is 17.2 Å². The molecule has 1 aromatic rings. The predicted molar refractivity (Wildman–Crippen MR) is 62.7 cm³/mol.